The lowest BCUT2D eigenvalue weighted by Gasteiger charge is -2.40. The van der Waals surface area contributed by atoms with Crippen LogP contribution < -0.4 is 4.90 Å². The molecule has 2 fully saturated rings. The summed E-state index contributed by atoms with van der Waals surface area (Å²) >= 11 is 0. The van der Waals surface area contributed by atoms with Crippen LogP contribution in [0.15, 0.2) is 54.9 Å². The molecule has 2 heterocycles. The summed E-state index contributed by atoms with van der Waals surface area (Å²) < 4.78 is 11.1. The number of methoxy groups -OCH3 is 1. The summed E-state index contributed by atoms with van der Waals surface area (Å²) in [6.07, 6.45) is 5.34. The molecule has 1 amide bonds. The third-order valence-electron chi connectivity index (χ3n) is 6.54. The van der Waals surface area contributed by atoms with Crippen molar-refractivity contribution in [2.45, 2.75) is 32.0 Å². The van der Waals surface area contributed by atoms with Gasteiger partial charge >= 0.3 is 5.97 Å². The van der Waals surface area contributed by atoms with E-state index in [0.717, 1.165) is 25.1 Å². The number of amides is 1. The maximum absolute atomic E-state index is 13.4. The van der Waals surface area contributed by atoms with Gasteiger partial charge in [0.2, 0.25) is 5.91 Å². The predicted octanol–water partition coefficient (Wildman–Crippen LogP) is 2.90. The third kappa shape index (κ3) is 5.27. The fourth-order valence-electron chi connectivity index (χ4n) is 4.75. The molecule has 1 aliphatic heterocycles. The van der Waals surface area contributed by atoms with Crippen LogP contribution in [0.5, 0.6) is 0 Å². The first-order chi connectivity index (χ1) is 15.7. The highest BCUT2D eigenvalue weighted by atomic mass is 16.5. The van der Waals surface area contributed by atoms with E-state index in [9.17, 15) is 9.59 Å². The van der Waals surface area contributed by atoms with E-state index < -0.39 is 5.92 Å². The van der Waals surface area contributed by atoms with Crippen molar-refractivity contribution in [2.75, 3.05) is 38.2 Å². The SMILES string of the molecule is COC(=O)[C@H]1C[C@H](OCc2cccnc2)CC[C@@H]1C(=O)N1CCN(c2ccccc2)CC1. The highest BCUT2D eigenvalue weighted by molar-refractivity contribution is 5.86. The van der Waals surface area contributed by atoms with E-state index in [2.05, 4.69) is 22.0 Å². The first-order valence-corrected chi connectivity index (χ1v) is 11.3. The van der Waals surface area contributed by atoms with Gasteiger partial charge in [-0.15, -0.1) is 0 Å². The minimum Gasteiger partial charge on any atom is -0.469 e. The lowest BCUT2D eigenvalue weighted by molar-refractivity contribution is -0.158. The second kappa shape index (κ2) is 10.6. The normalized spacial score (nSPS) is 23.6. The average molecular weight is 438 g/mol. The van der Waals surface area contributed by atoms with Gasteiger partial charge in [0.15, 0.2) is 0 Å². The minimum absolute atomic E-state index is 0.0684. The largest absolute Gasteiger partial charge is 0.469 e. The molecule has 2 aliphatic rings. The summed E-state index contributed by atoms with van der Waals surface area (Å²) in [5, 5.41) is 0. The fraction of sp³-hybridized carbons (Fsp3) is 0.480. The van der Waals surface area contributed by atoms with Crippen molar-refractivity contribution in [3.63, 3.8) is 0 Å². The molecule has 170 valence electrons. The summed E-state index contributed by atoms with van der Waals surface area (Å²) in [5.74, 6) is -1.06. The number of para-hydroxylation sites is 1. The molecule has 32 heavy (non-hydrogen) atoms. The van der Waals surface area contributed by atoms with Crippen molar-refractivity contribution in [3.05, 3.63) is 60.4 Å². The van der Waals surface area contributed by atoms with Crippen LogP contribution in [-0.4, -0.2) is 61.2 Å². The number of carbonyl (C=O) groups is 2. The van der Waals surface area contributed by atoms with Gasteiger partial charge in [0.25, 0.3) is 0 Å². The number of benzene rings is 1. The predicted molar refractivity (Wildman–Crippen MR) is 121 cm³/mol. The summed E-state index contributed by atoms with van der Waals surface area (Å²) in [6.45, 7) is 3.37. The van der Waals surface area contributed by atoms with Crippen molar-refractivity contribution in [3.8, 4) is 0 Å². The molecular weight excluding hydrogens is 406 g/mol. The van der Waals surface area contributed by atoms with E-state index in [1.54, 1.807) is 12.4 Å². The van der Waals surface area contributed by atoms with Gasteiger partial charge in [0.05, 0.1) is 31.7 Å². The molecule has 3 atom stereocenters. The number of rotatable bonds is 6. The van der Waals surface area contributed by atoms with E-state index in [1.807, 2.05) is 35.2 Å². The number of anilines is 1. The Morgan fingerprint density at radius 1 is 1.00 bits per heavy atom. The van der Waals surface area contributed by atoms with Gasteiger partial charge in [-0.3, -0.25) is 14.6 Å². The average Bonchev–Trinajstić information content (AvgIpc) is 2.87. The molecule has 0 radical (unpaired) electrons. The molecule has 0 bridgehead atoms. The van der Waals surface area contributed by atoms with Crippen LogP contribution in [0.3, 0.4) is 0 Å². The van der Waals surface area contributed by atoms with Crippen molar-refractivity contribution < 1.29 is 19.1 Å². The van der Waals surface area contributed by atoms with E-state index in [1.165, 1.54) is 12.8 Å². The molecule has 0 N–H and O–H groups in total. The smallest absolute Gasteiger partial charge is 0.309 e. The van der Waals surface area contributed by atoms with Gasteiger partial charge in [0, 0.05) is 44.3 Å². The first-order valence-electron chi connectivity index (χ1n) is 11.3. The summed E-state index contributed by atoms with van der Waals surface area (Å²) in [6, 6.07) is 14.1. The molecule has 1 aromatic heterocycles. The minimum atomic E-state index is -0.465. The van der Waals surface area contributed by atoms with Crippen LogP contribution in [0.25, 0.3) is 0 Å². The Morgan fingerprint density at radius 2 is 1.78 bits per heavy atom. The van der Waals surface area contributed by atoms with Crippen LogP contribution in [0.4, 0.5) is 5.69 Å². The molecule has 1 saturated heterocycles. The van der Waals surface area contributed by atoms with Crippen LogP contribution in [0.2, 0.25) is 0 Å². The number of carbonyl (C=O) groups excluding carboxylic acids is 2. The highest BCUT2D eigenvalue weighted by Crippen LogP contribution is 2.35. The summed E-state index contributed by atoms with van der Waals surface area (Å²) in [4.78, 5) is 34.2. The van der Waals surface area contributed by atoms with E-state index >= 15 is 0 Å². The van der Waals surface area contributed by atoms with Crippen LogP contribution >= 0.6 is 0 Å². The van der Waals surface area contributed by atoms with Gasteiger partial charge in [0.1, 0.15) is 0 Å². The number of hydrogen-bond acceptors (Lipinski definition) is 6. The number of nitrogens with zero attached hydrogens (tertiary/aromatic N) is 3. The van der Waals surface area contributed by atoms with Crippen molar-refractivity contribution in [2.24, 2.45) is 11.8 Å². The van der Waals surface area contributed by atoms with Gasteiger partial charge < -0.3 is 19.3 Å². The molecule has 0 unspecified atom stereocenters. The number of ether oxygens (including phenoxy) is 2. The molecule has 7 heteroatoms. The Kier molecular flexibility index (Phi) is 7.37. The van der Waals surface area contributed by atoms with Gasteiger partial charge in [-0.25, -0.2) is 0 Å². The Hall–Kier alpha value is -2.93. The van der Waals surface area contributed by atoms with Gasteiger partial charge in [-0.05, 0) is 43.0 Å². The molecule has 1 saturated carbocycles. The van der Waals surface area contributed by atoms with Crippen molar-refractivity contribution >= 4 is 17.6 Å². The molecule has 4 rings (SSSR count). The lowest BCUT2D eigenvalue weighted by Crippen LogP contribution is -2.53. The molecule has 1 aromatic carbocycles. The standard InChI is InChI=1S/C25H31N3O4/c1-31-25(30)23-16-21(32-18-19-6-5-11-26-17-19)9-10-22(23)24(29)28-14-12-27(13-15-28)20-7-3-2-4-8-20/h2-8,11,17,21-23H,9-10,12-16,18H2,1H3/t21-,22+,23+/m1/s1. The van der Waals surface area contributed by atoms with E-state index in [0.29, 0.717) is 32.5 Å². The number of pyridine rings is 1. The highest BCUT2D eigenvalue weighted by Gasteiger charge is 2.42. The van der Waals surface area contributed by atoms with E-state index in [4.69, 9.17) is 9.47 Å². The van der Waals surface area contributed by atoms with Crippen LogP contribution in [0.1, 0.15) is 24.8 Å². The second-order valence-electron chi connectivity index (χ2n) is 8.49. The zero-order valence-electron chi connectivity index (χ0n) is 18.6. The topological polar surface area (TPSA) is 72.0 Å². The van der Waals surface area contributed by atoms with Crippen molar-refractivity contribution in [1.82, 2.24) is 9.88 Å². The van der Waals surface area contributed by atoms with E-state index in [-0.39, 0.29) is 23.9 Å². The Labute approximate surface area is 189 Å². The number of piperazine rings is 1. The summed E-state index contributed by atoms with van der Waals surface area (Å²) in [5.41, 5.74) is 2.18. The quantitative estimate of drug-likeness (QED) is 0.647. The Bertz CT molecular complexity index is 885. The number of esters is 1. The zero-order chi connectivity index (χ0) is 22.3. The second-order valence-corrected chi connectivity index (χ2v) is 8.49. The van der Waals surface area contributed by atoms with Gasteiger partial charge in [-0.2, -0.15) is 0 Å². The van der Waals surface area contributed by atoms with Crippen LogP contribution in [-0.2, 0) is 25.7 Å². The van der Waals surface area contributed by atoms with Gasteiger partial charge in [-0.1, -0.05) is 24.3 Å². The maximum Gasteiger partial charge on any atom is 0.309 e. The van der Waals surface area contributed by atoms with Crippen LogP contribution in [0, 0.1) is 11.8 Å². The number of aromatic nitrogens is 1. The lowest BCUT2D eigenvalue weighted by atomic mass is 9.77. The van der Waals surface area contributed by atoms with Crippen molar-refractivity contribution in [1.29, 1.82) is 0 Å². The first kappa shape index (κ1) is 22.3. The summed E-state index contributed by atoms with van der Waals surface area (Å²) in [7, 11) is 1.39. The Morgan fingerprint density at radius 3 is 2.47 bits per heavy atom. The zero-order valence-corrected chi connectivity index (χ0v) is 18.6. The molecule has 2 aromatic rings. The molecule has 1 aliphatic carbocycles. The monoisotopic (exact) mass is 437 g/mol. The maximum atomic E-state index is 13.4. The fourth-order valence-corrected chi connectivity index (χ4v) is 4.75. The molecular formula is C25H31N3O4. The third-order valence-corrected chi connectivity index (χ3v) is 6.54. The molecule has 7 nitrogen and oxygen atoms in total. The molecule has 0 spiro atoms. The Balaban J connectivity index is 1.34. The number of hydrogen-bond donors (Lipinski definition) is 0.